The molecular formula is C8H16N2O2S. The summed E-state index contributed by atoms with van der Waals surface area (Å²) in [5.41, 5.74) is 5.46. The van der Waals surface area contributed by atoms with Crippen LogP contribution in [0.4, 0.5) is 0 Å². The zero-order valence-corrected chi connectivity index (χ0v) is 8.68. The van der Waals surface area contributed by atoms with E-state index < -0.39 is 10.8 Å². The van der Waals surface area contributed by atoms with E-state index in [1.165, 1.54) is 0 Å². The molecule has 0 aromatic rings. The van der Waals surface area contributed by atoms with Crippen molar-refractivity contribution in [1.29, 1.82) is 0 Å². The Labute approximate surface area is 80.9 Å². The topological polar surface area (TPSA) is 63.4 Å². The first-order valence-electron chi connectivity index (χ1n) is 4.44. The minimum atomic E-state index is -0.873. The van der Waals surface area contributed by atoms with Crippen LogP contribution in [0.5, 0.6) is 0 Å². The van der Waals surface area contributed by atoms with Crippen LogP contribution in [-0.4, -0.2) is 46.2 Å². The summed E-state index contributed by atoms with van der Waals surface area (Å²) >= 11 is 0. The number of rotatable bonds is 4. The zero-order valence-electron chi connectivity index (χ0n) is 7.86. The first-order chi connectivity index (χ1) is 6.15. The minimum Gasteiger partial charge on any atom is -0.338 e. The highest BCUT2D eigenvalue weighted by molar-refractivity contribution is 7.84. The van der Waals surface area contributed by atoms with Gasteiger partial charge in [-0.2, -0.15) is 0 Å². The van der Waals surface area contributed by atoms with Crippen molar-refractivity contribution in [2.45, 2.75) is 18.9 Å². The second-order valence-electron chi connectivity index (χ2n) is 3.29. The minimum absolute atomic E-state index is 0.0944. The third kappa shape index (κ3) is 2.77. The molecule has 1 rings (SSSR count). The first kappa shape index (κ1) is 10.7. The van der Waals surface area contributed by atoms with Crippen molar-refractivity contribution in [3.05, 3.63) is 0 Å². The average molecular weight is 204 g/mol. The van der Waals surface area contributed by atoms with E-state index in [2.05, 4.69) is 0 Å². The molecule has 1 saturated heterocycles. The Kier molecular flexibility index (Phi) is 3.87. The monoisotopic (exact) mass is 204 g/mol. The highest BCUT2D eigenvalue weighted by atomic mass is 32.2. The molecule has 13 heavy (non-hydrogen) atoms. The van der Waals surface area contributed by atoms with E-state index in [0.29, 0.717) is 18.7 Å². The van der Waals surface area contributed by atoms with Crippen molar-refractivity contribution in [2.75, 3.05) is 25.1 Å². The fourth-order valence-electron chi connectivity index (χ4n) is 1.39. The lowest BCUT2D eigenvalue weighted by atomic mass is 10.0. The SMILES string of the molecule is CS(=O)CCC(=O)N1CCC1CN. The molecule has 0 spiro atoms. The second kappa shape index (κ2) is 4.72. The Morgan fingerprint density at radius 2 is 2.38 bits per heavy atom. The van der Waals surface area contributed by atoms with Crippen molar-refractivity contribution >= 4 is 16.7 Å². The third-order valence-electron chi connectivity index (χ3n) is 2.34. The second-order valence-corrected chi connectivity index (χ2v) is 4.85. The molecule has 0 aromatic heterocycles. The number of hydrogen-bond donors (Lipinski definition) is 1. The molecule has 2 unspecified atom stereocenters. The normalized spacial score (nSPS) is 23.8. The van der Waals surface area contributed by atoms with Gasteiger partial charge in [0, 0.05) is 48.4 Å². The van der Waals surface area contributed by atoms with Gasteiger partial charge in [0.05, 0.1) is 0 Å². The molecule has 2 atom stereocenters. The standard InChI is InChI=1S/C8H16N2O2S/c1-13(12)5-3-8(11)10-4-2-7(10)6-9/h7H,2-6,9H2,1H3. The predicted octanol–water partition coefficient (Wildman–Crippen LogP) is -0.685. The van der Waals surface area contributed by atoms with Crippen LogP contribution in [0.1, 0.15) is 12.8 Å². The number of hydrogen-bond acceptors (Lipinski definition) is 3. The van der Waals surface area contributed by atoms with Crippen molar-refractivity contribution in [3.63, 3.8) is 0 Å². The molecule has 1 fully saturated rings. The summed E-state index contributed by atoms with van der Waals surface area (Å²) in [5, 5.41) is 0. The highest BCUT2D eigenvalue weighted by Crippen LogP contribution is 2.16. The molecule has 0 saturated carbocycles. The van der Waals surface area contributed by atoms with Gasteiger partial charge >= 0.3 is 0 Å². The van der Waals surface area contributed by atoms with Gasteiger partial charge in [0.25, 0.3) is 0 Å². The largest absolute Gasteiger partial charge is 0.338 e. The molecule has 1 aliphatic rings. The lowest BCUT2D eigenvalue weighted by molar-refractivity contribution is -0.138. The van der Waals surface area contributed by atoms with Crippen LogP contribution in [-0.2, 0) is 15.6 Å². The lowest BCUT2D eigenvalue weighted by Crippen LogP contribution is -2.54. The Morgan fingerprint density at radius 1 is 1.69 bits per heavy atom. The highest BCUT2D eigenvalue weighted by Gasteiger charge is 2.30. The van der Waals surface area contributed by atoms with Crippen LogP contribution < -0.4 is 5.73 Å². The number of carbonyl (C=O) groups excluding carboxylic acids is 1. The Balaban J connectivity index is 2.27. The average Bonchev–Trinajstić information content (AvgIpc) is 2.00. The van der Waals surface area contributed by atoms with Gasteiger partial charge in [-0.15, -0.1) is 0 Å². The van der Waals surface area contributed by atoms with Gasteiger partial charge in [0.2, 0.25) is 5.91 Å². The molecule has 0 aromatic carbocycles. The van der Waals surface area contributed by atoms with E-state index in [-0.39, 0.29) is 11.9 Å². The van der Waals surface area contributed by atoms with Crippen molar-refractivity contribution in [1.82, 2.24) is 4.90 Å². The summed E-state index contributed by atoms with van der Waals surface area (Å²) < 4.78 is 10.7. The van der Waals surface area contributed by atoms with Gasteiger partial charge in [-0.05, 0) is 6.42 Å². The van der Waals surface area contributed by atoms with Gasteiger partial charge in [-0.1, -0.05) is 0 Å². The molecule has 2 N–H and O–H groups in total. The number of amides is 1. The Bertz CT molecular complexity index is 218. The molecular weight excluding hydrogens is 188 g/mol. The quantitative estimate of drug-likeness (QED) is 0.659. The zero-order chi connectivity index (χ0) is 9.84. The fraction of sp³-hybridized carbons (Fsp3) is 0.875. The van der Waals surface area contributed by atoms with E-state index in [4.69, 9.17) is 5.73 Å². The van der Waals surface area contributed by atoms with E-state index in [1.54, 1.807) is 11.2 Å². The molecule has 1 aliphatic heterocycles. The summed E-state index contributed by atoms with van der Waals surface area (Å²) in [6.45, 7) is 1.36. The molecule has 5 heteroatoms. The number of likely N-dealkylation sites (tertiary alicyclic amines) is 1. The van der Waals surface area contributed by atoms with Crippen molar-refractivity contribution in [3.8, 4) is 0 Å². The molecule has 0 bridgehead atoms. The summed E-state index contributed by atoms with van der Waals surface area (Å²) in [5.74, 6) is 0.559. The molecule has 0 aliphatic carbocycles. The van der Waals surface area contributed by atoms with E-state index in [0.717, 1.165) is 13.0 Å². The number of carbonyl (C=O) groups is 1. The van der Waals surface area contributed by atoms with E-state index >= 15 is 0 Å². The maximum Gasteiger partial charge on any atom is 0.223 e. The van der Waals surface area contributed by atoms with Gasteiger partial charge < -0.3 is 10.6 Å². The molecule has 4 nitrogen and oxygen atoms in total. The van der Waals surface area contributed by atoms with Crippen LogP contribution in [0.25, 0.3) is 0 Å². The molecule has 76 valence electrons. The van der Waals surface area contributed by atoms with Gasteiger partial charge in [-0.25, -0.2) is 0 Å². The summed E-state index contributed by atoms with van der Waals surface area (Å²) in [6.07, 6.45) is 3.01. The summed E-state index contributed by atoms with van der Waals surface area (Å²) in [4.78, 5) is 13.2. The van der Waals surface area contributed by atoms with Crippen molar-refractivity contribution < 1.29 is 9.00 Å². The number of nitrogens with two attached hydrogens (primary N) is 1. The summed E-state index contributed by atoms with van der Waals surface area (Å²) in [6, 6.07) is 0.234. The van der Waals surface area contributed by atoms with Crippen LogP contribution in [0.15, 0.2) is 0 Å². The lowest BCUT2D eigenvalue weighted by Gasteiger charge is -2.40. The van der Waals surface area contributed by atoms with Gasteiger partial charge in [0.1, 0.15) is 0 Å². The van der Waals surface area contributed by atoms with Gasteiger partial charge in [0.15, 0.2) is 0 Å². The van der Waals surface area contributed by atoms with Gasteiger partial charge in [-0.3, -0.25) is 9.00 Å². The van der Waals surface area contributed by atoms with E-state index in [1.807, 2.05) is 0 Å². The third-order valence-corrected chi connectivity index (χ3v) is 3.12. The van der Waals surface area contributed by atoms with Crippen LogP contribution >= 0.6 is 0 Å². The van der Waals surface area contributed by atoms with Crippen LogP contribution in [0.2, 0.25) is 0 Å². The molecule has 1 heterocycles. The number of nitrogens with zero attached hydrogens (tertiary/aromatic N) is 1. The van der Waals surface area contributed by atoms with E-state index in [9.17, 15) is 9.00 Å². The van der Waals surface area contributed by atoms with Crippen LogP contribution in [0.3, 0.4) is 0 Å². The fourth-order valence-corrected chi connectivity index (χ4v) is 1.85. The molecule has 0 radical (unpaired) electrons. The predicted molar refractivity (Wildman–Crippen MR) is 52.7 cm³/mol. The maximum atomic E-state index is 11.4. The first-order valence-corrected chi connectivity index (χ1v) is 6.17. The summed E-state index contributed by atoms with van der Waals surface area (Å²) in [7, 11) is -0.873. The maximum absolute atomic E-state index is 11.4. The molecule has 1 amide bonds. The van der Waals surface area contributed by atoms with Crippen LogP contribution in [0, 0.1) is 0 Å². The Morgan fingerprint density at radius 3 is 2.77 bits per heavy atom. The van der Waals surface area contributed by atoms with Crippen molar-refractivity contribution in [2.24, 2.45) is 5.73 Å². The smallest absolute Gasteiger partial charge is 0.223 e. The Hall–Kier alpha value is -0.420.